The number of ether oxygens (including phenoxy) is 1. The zero-order valence-corrected chi connectivity index (χ0v) is 15.3. The third kappa shape index (κ3) is 4.93. The molecule has 0 amide bonds. The summed E-state index contributed by atoms with van der Waals surface area (Å²) < 4.78 is 5.65. The van der Waals surface area contributed by atoms with E-state index >= 15 is 0 Å². The fraction of sp³-hybridized carbons (Fsp3) is 0.684. The van der Waals surface area contributed by atoms with E-state index in [4.69, 9.17) is 4.74 Å². The number of aryl methyl sites for hydroxylation is 2. The molecule has 2 aliphatic rings. The van der Waals surface area contributed by atoms with Gasteiger partial charge in [0, 0.05) is 18.6 Å². The summed E-state index contributed by atoms with van der Waals surface area (Å²) in [6.07, 6.45) is 5.13. The van der Waals surface area contributed by atoms with Crippen LogP contribution < -0.4 is 10.6 Å². The lowest BCUT2D eigenvalue weighted by Gasteiger charge is -2.33. The summed E-state index contributed by atoms with van der Waals surface area (Å²) in [7, 11) is 0. The predicted octanol–water partition coefficient (Wildman–Crippen LogP) is 3.01. The van der Waals surface area contributed by atoms with Crippen molar-refractivity contribution in [2.24, 2.45) is 5.92 Å². The first-order valence-electron chi connectivity index (χ1n) is 8.84. The maximum atomic E-state index is 5.65. The molecule has 4 heteroatoms. The molecular weight excluding hydrogens is 308 g/mol. The molecule has 2 N–H and O–H groups in total. The molecule has 3 nitrogen and oxygen atoms in total. The van der Waals surface area contributed by atoms with Crippen LogP contribution in [0.25, 0.3) is 0 Å². The Morgan fingerprint density at radius 1 is 1.26 bits per heavy atom. The summed E-state index contributed by atoms with van der Waals surface area (Å²) in [5.41, 5.74) is 4.26. The highest BCUT2D eigenvalue weighted by atomic mass is 35.5. The third-order valence-electron chi connectivity index (χ3n) is 5.34. The Kier molecular flexibility index (Phi) is 7.35. The van der Waals surface area contributed by atoms with Crippen molar-refractivity contribution in [3.05, 3.63) is 34.9 Å². The van der Waals surface area contributed by atoms with Gasteiger partial charge >= 0.3 is 0 Å². The topological polar surface area (TPSA) is 33.3 Å². The average Bonchev–Trinajstić information content (AvgIpc) is 2.99. The van der Waals surface area contributed by atoms with Crippen molar-refractivity contribution in [1.82, 2.24) is 10.6 Å². The van der Waals surface area contributed by atoms with Gasteiger partial charge in [0.15, 0.2) is 0 Å². The van der Waals surface area contributed by atoms with E-state index < -0.39 is 0 Å². The largest absolute Gasteiger partial charge is 0.379 e. The van der Waals surface area contributed by atoms with Crippen LogP contribution in [-0.4, -0.2) is 38.4 Å². The van der Waals surface area contributed by atoms with Crippen molar-refractivity contribution in [3.8, 4) is 0 Å². The molecule has 1 saturated carbocycles. The van der Waals surface area contributed by atoms with Crippen LogP contribution in [0, 0.1) is 19.8 Å². The van der Waals surface area contributed by atoms with Crippen LogP contribution in [0.5, 0.6) is 0 Å². The highest BCUT2D eigenvalue weighted by Crippen LogP contribution is 2.29. The molecule has 23 heavy (non-hydrogen) atoms. The SMILES string of the molecule is Cc1ccc(CCNC2CCCC2C2COCCN2)c(C)c1.Cl. The van der Waals surface area contributed by atoms with Crippen LogP contribution in [0.1, 0.15) is 36.0 Å². The minimum absolute atomic E-state index is 0. The predicted molar refractivity (Wildman–Crippen MR) is 98.6 cm³/mol. The van der Waals surface area contributed by atoms with E-state index in [2.05, 4.69) is 42.7 Å². The van der Waals surface area contributed by atoms with Gasteiger partial charge in [-0.1, -0.05) is 30.2 Å². The van der Waals surface area contributed by atoms with E-state index in [-0.39, 0.29) is 12.4 Å². The van der Waals surface area contributed by atoms with Crippen LogP contribution in [0.15, 0.2) is 18.2 Å². The minimum atomic E-state index is 0. The van der Waals surface area contributed by atoms with Crippen LogP contribution in [0.4, 0.5) is 0 Å². The van der Waals surface area contributed by atoms with Gasteiger partial charge in [-0.15, -0.1) is 12.4 Å². The number of rotatable bonds is 5. The Morgan fingerprint density at radius 2 is 2.13 bits per heavy atom. The quantitative estimate of drug-likeness (QED) is 0.865. The molecule has 0 spiro atoms. The Hall–Kier alpha value is -0.610. The monoisotopic (exact) mass is 338 g/mol. The lowest BCUT2D eigenvalue weighted by molar-refractivity contribution is 0.0526. The second-order valence-electron chi connectivity index (χ2n) is 6.97. The lowest BCUT2D eigenvalue weighted by atomic mass is 9.93. The third-order valence-corrected chi connectivity index (χ3v) is 5.34. The summed E-state index contributed by atoms with van der Waals surface area (Å²) in [5.74, 6) is 0.736. The normalized spacial score (nSPS) is 27.7. The summed E-state index contributed by atoms with van der Waals surface area (Å²) in [5, 5.41) is 7.47. The first-order chi connectivity index (χ1) is 10.7. The molecule has 0 radical (unpaired) electrons. The molecule has 1 aliphatic heterocycles. The Bertz CT molecular complexity index is 488. The van der Waals surface area contributed by atoms with E-state index in [1.165, 1.54) is 36.0 Å². The van der Waals surface area contributed by atoms with E-state index in [9.17, 15) is 0 Å². The molecule has 0 aromatic heterocycles. The zero-order valence-electron chi connectivity index (χ0n) is 14.4. The van der Waals surface area contributed by atoms with Crippen LogP contribution >= 0.6 is 12.4 Å². The molecular formula is C19H31ClN2O. The van der Waals surface area contributed by atoms with Gasteiger partial charge in [0.1, 0.15) is 0 Å². The fourth-order valence-corrected chi connectivity index (χ4v) is 4.10. The first-order valence-corrected chi connectivity index (χ1v) is 8.84. The number of hydrogen-bond donors (Lipinski definition) is 2. The zero-order chi connectivity index (χ0) is 15.4. The molecule has 0 bridgehead atoms. The van der Waals surface area contributed by atoms with Crippen molar-refractivity contribution in [2.45, 2.75) is 51.6 Å². The maximum absolute atomic E-state index is 5.65. The van der Waals surface area contributed by atoms with Crippen molar-refractivity contribution < 1.29 is 4.74 Å². The molecule has 1 aliphatic carbocycles. The Morgan fingerprint density at radius 3 is 2.87 bits per heavy atom. The number of benzene rings is 1. The number of hydrogen-bond acceptors (Lipinski definition) is 3. The van der Waals surface area contributed by atoms with Crippen LogP contribution in [0.3, 0.4) is 0 Å². The van der Waals surface area contributed by atoms with E-state index in [0.29, 0.717) is 12.1 Å². The van der Waals surface area contributed by atoms with E-state index in [1.807, 2.05) is 0 Å². The van der Waals surface area contributed by atoms with E-state index in [1.54, 1.807) is 0 Å². The molecule has 3 rings (SSSR count). The fourth-order valence-electron chi connectivity index (χ4n) is 4.10. The summed E-state index contributed by atoms with van der Waals surface area (Å²) in [6, 6.07) is 8.01. The van der Waals surface area contributed by atoms with Gasteiger partial charge in [-0.05, 0) is 56.7 Å². The summed E-state index contributed by atoms with van der Waals surface area (Å²) >= 11 is 0. The minimum Gasteiger partial charge on any atom is -0.379 e. The van der Waals surface area contributed by atoms with Crippen LogP contribution in [-0.2, 0) is 11.2 Å². The van der Waals surface area contributed by atoms with Crippen molar-refractivity contribution in [3.63, 3.8) is 0 Å². The van der Waals surface area contributed by atoms with Gasteiger partial charge in [0.25, 0.3) is 0 Å². The smallest absolute Gasteiger partial charge is 0.0623 e. The molecule has 1 aromatic rings. The second kappa shape index (κ2) is 9.03. The number of nitrogens with one attached hydrogen (secondary N) is 2. The van der Waals surface area contributed by atoms with Gasteiger partial charge < -0.3 is 15.4 Å². The van der Waals surface area contributed by atoms with E-state index in [0.717, 1.165) is 38.6 Å². The number of morpholine rings is 1. The Labute approximate surface area is 147 Å². The summed E-state index contributed by atoms with van der Waals surface area (Å²) in [4.78, 5) is 0. The molecule has 1 heterocycles. The highest BCUT2D eigenvalue weighted by Gasteiger charge is 2.34. The molecule has 1 saturated heterocycles. The van der Waals surface area contributed by atoms with Gasteiger partial charge in [-0.2, -0.15) is 0 Å². The van der Waals surface area contributed by atoms with Gasteiger partial charge in [0.05, 0.1) is 13.2 Å². The van der Waals surface area contributed by atoms with Crippen molar-refractivity contribution in [2.75, 3.05) is 26.3 Å². The second-order valence-corrected chi connectivity index (χ2v) is 6.97. The Balaban J connectivity index is 0.00000192. The standard InChI is InChI=1S/C19H30N2O.ClH/c1-14-6-7-16(15(2)12-14)8-9-20-18-5-3-4-17(18)19-13-22-11-10-21-19;/h6-7,12,17-21H,3-5,8-11,13H2,1-2H3;1H. The molecule has 130 valence electrons. The average molecular weight is 339 g/mol. The number of halogens is 1. The molecule has 3 unspecified atom stereocenters. The van der Waals surface area contributed by atoms with Gasteiger partial charge in [-0.3, -0.25) is 0 Å². The van der Waals surface area contributed by atoms with Gasteiger partial charge in [-0.25, -0.2) is 0 Å². The van der Waals surface area contributed by atoms with Crippen molar-refractivity contribution in [1.29, 1.82) is 0 Å². The molecule has 3 atom stereocenters. The molecule has 1 aromatic carbocycles. The molecule has 2 fully saturated rings. The summed E-state index contributed by atoms with van der Waals surface area (Å²) in [6.45, 7) is 8.24. The maximum Gasteiger partial charge on any atom is 0.0623 e. The van der Waals surface area contributed by atoms with Crippen molar-refractivity contribution >= 4 is 12.4 Å². The highest BCUT2D eigenvalue weighted by molar-refractivity contribution is 5.85. The van der Waals surface area contributed by atoms with Crippen LogP contribution in [0.2, 0.25) is 0 Å². The lowest BCUT2D eigenvalue weighted by Crippen LogP contribution is -2.51. The first kappa shape index (κ1) is 18.7. The van der Waals surface area contributed by atoms with Gasteiger partial charge in [0.2, 0.25) is 0 Å².